The molecule has 1 aliphatic heterocycles. The van der Waals surface area contributed by atoms with Gasteiger partial charge in [0, 0.05) is 26.2 Å². The Balaban J connectivity index is 2.12. The van der Waals surface area contributed by atoms with Crippen molar-refractivity contribution >= 4 is 5.69 Å². The Hall–Kier alpha value is -1.13. The van der Waals surface area contributed by atoms with E-state index >= 15 is 0 Å². The van der Waals surface area contributed by atoms with Crippen molar-refractivity contribution in [1.82, 2.24) is 0 Å². The van der Waals surface area contributed by atoms with Gasteiger partial charge < -0.3 is 15.4 Å². The molecule has 0 amide bonds. The Morgan fingerprint density at radius 2 is 2.25 bits per heavy atom. The lowest BCUT2D eigenvalue weighted by atomic mass is 9.95. The van der Waals surface area contributed by atoms with Gasteiger partial charge in [0.05, 0.1) is 11.8 Å². The average molecular weight is 280 g/mol. The molecule has 0 saturated carbocycles. The lowest BCUT2D eigenvalue weighted by molar-refractivity contribution is 0.0497. The molecule has 3 nitrogen and oxygen atoms in total. The van der Waals surface area contributed by atoms with E-state index in [0.29, 0.717) is 18.0 Å². The maximum atomic E-state index is 14.3. The van der Waals surface area contributed by atoms with Crippen molar-refractivity contribution in [3.8, 4) is 0 Å². The van der Waals surface area contributed by atoms with Crippen molar-refractivity contribution < 1.29 is 9.13 Å². The van der Waals surface area contributed by atoms with E-state index < -0.39 is 0 Å². The summed E-state index contributed by atoms with van der Waals surface area (Å²) in [5.74, 6) is 0.365. The molecule has 2 N–H and O–H groups in total. The molecule has 0 aliphatic carbocycles. The van der Waals surface area contributed by atoms with Crippen molar-refractivity contribution in [3.05, 3.63) is 29.6 Å². The minimum atomic E-state index is -0.160. The van der Waals surface area contributed by atoms with Gasteiger partial charge in [0.2, 0.25) is 0 Å². The van der Waals surface area contributed by atoms with Crippen LogP contribution in [0, 0.1) is 11.7 Å². The molecule has 1 aliphatic rings. The van der Waals surface area contributed by atoms with E-state index in [0.717, 1.165) is 25.1 Å². The molecule has 112 valence electrons. The first-order chi connectivity index (χ1) is 9.51. The van der Waals surface area contributed by atoms with Crippen molar-refractivity contribution in [1.29, 1.82) is 0 Å². The lowest BCUT2D eigenvalue weighted by Crippen LogP contribution is -2.44. The number of piperidine rings is 1. The number of halogens is 1. The first kappa shape index (κ1) is 15.3. The molecule has 0 spiro atoms. The Labute approximate surface area is 120 Å². The summed E-state index contributed by atoms with van der Waals surface area (Å²) in [6.45, 7) is 5.75. The number of nitrogens with zero attached hydrogens (tertiary/aromatic N) is 1. The maximum absolute atomic E-state index is 14.3. The molecule has 1 fully saturated rings. The molecule has 20 heavy (non-hydrogen) atoms. The fourth-order valence-electron chi connectivity index (χ4n) is 2.87. The van der Waals surface area contributed by atoms with Crippen molar-refractivity contribution in [2.45, 2.75) is 38.8 Å². The Kier molecular flexibility index (Phi) is 5.00. The third-order valence-electron chi connectivity index (χ3n) is 4.10. The van der Waals surface area contributed by atoms with Gasteiger partial charge in [-0.05, 0) is 43.4 Å². The molecule has 0 bridgehead atoms. The van der Waals surface area contributed by atoms with Crippen molar-refractivity contribution in [2.24, 2.45) is 11.7 Å². The molecule has 1 aromatic carbocycles. The summed E-state index contributed by atoms with van der Waals surface area (Å²) < 4.78 is 19.8. The molecule has 3 unspecified atom stereocenters. The molecule has 3 atom stereocenters. The molecule has 2 rings (SSSR count). The third-order valence-corrected chi connectivity index (χ3v) is 4.10. The monoisotopic (exact) mass is 280 g/mol. The zero-order valence-corrected chi connectivity index (χ0v) is 12.6. The van der Waals surface area contributed by atoms with E-state index in [1.807, 2.05) is 19.1 Å². The number of hydrogen-bond acceptors (Lipinski definition) is 3. The van der Waals surface area contributed by atoms with Crippen LogP contribution in [-0.4, -0.2) is 32.3 Å². The van der Waals surface area contributed by atoms with Crippen LogP contribution in [0.5, 0.6) is 0 Å². The molecular weight excluding hydrogens is 255 g/mol. The first-order valence-electron chi connectivity index (χ1n) is 7.33. The summed E-state index contributed by atoms with van der Waals surface area (Å²) in [4.78, 5) is 2.08. The third kappa shape index (κ3) is 3.49. The Morgan fingerprint density at radius 3 is 2.85 bits per heavy atom. The smallest absolute Gasteiger partial charge is 0.146 e. The van der Waals surface area contributed by atoms with E-state index in [4.69, 9.17) is 10.5 Å². The second kappa shape index (κ2) is 6.55. The summed E-state index contributed by atoms with van der Waals surface area (Å²) in [5.41, 5.74) is 7.38. The summed E-state index contributed by atoms with van der Waals surface area (Å²) in [6, 6.07) is 5.50. The number of rotatable bonds is 4. The maximum Gasteiger partial charge on any atom is 0.146 e. The normalized spacial score (nSPS) is 24.8. The second-order valence-corrected chi connectivity index (χ2v) is 5.95. The highest BCUT2D eigenvalue weighted by molar-refractivity contribution is 5.50. The Bertz CT molecular complexity index is 450. The number of benzene rings is 1. The summed E-state index contributed by atoms with van der Waals surface area (Å²) in [5, 5.41) is 0. The summed E-state index contributed by atoms with van der Waals surface area (Å²) in [6.07, 6.45) is 1.90. The Morgan fingerprint density at radius 1 is 1.50 bits per heavy atom. The fraction of sp³-hybridized carbons (Fsp3) is 0.625. The van der Waals surface area contributed by atoms with E-state index in [2.05, 4.69) is 11.8 Å². The number of hydrogen-bond donors (Lipinski definition) is 1. The minimum absolute atomic E-state index is 0.0500. The highest BCUT2D eigenvalue weighted by Gasteiger charge is 2.27. The number of methoxy groups -OCH3 is 1. The van der Waals surface area contributed by atoms with Crippen molar-refractivity contribution in [3.63, 3.8) is 0 Å². The lowest BCUT2D eigenvalue weighted by Gasteiger charge is -2.37. The van der Waals surface area contributed by atoms with Crippen LogP contribution in [0.1, 0.15) is 25.8 Å². The zero-order valence-electron chi connectivity index (χ0n) is 12.6. The van der Waals surface area contributed by atoms with Crippen LogP contribution >= 0.6 is 0 Å². The molecule has 0 aromatic heterocycles. The van der Waals surface area contributed by atoms with Gasteiger partial charge in [-0.2, -0.15) is 0 Å². The second-order valence-electron chi connectivity index (χ2n) is 5.95. The first-order valence-corrected chi connectivity index (χ1v) is 7.33. The fourth-order valence-corrected chi connectivity index (χ4v) is 2.87. The number of nitrogens with two attached hydrogens (primary N) is 1. The van der Waals surface area contributed by atoms with Gasteiger partial charge >= 0.3 is 0 Å². The largest absolute Gasteiger partial charge is 0.379 e. The van der Waals surface area contributed by atoms with Crippen LogP contribution in [0.25, 0.3) is 0 Å². The van der Waals surface area contributed by atoms with Crippen LogP contribution in [-0.2, 0) is 11.2 Å². The van der Waals surface area contributed by atoms with E-state index in [-0.39, 0.29) is 18.0 Å². The van der Waals surface area contributed by atoms with Crippen LogP contribution < -0.4 is 10.6 Å². The van der Waals surface area contributed by atoms with E-state index in [1.165, 1.54) is 0 Å². The van der Waals surface area contributed by atoms with Gasteiger partial charge in [-0.3, -0.25) is 0 Å². The van der Waals surface area contributed by atoms with Crippen molar-refractivity contribution in [2.75, 3.05) is 25.1 Å². The quantitative estimate of drug-likeness (QED) is 0.921. The van der Waals surface area contributed by atoms with Gasteiger partial charge in [-0.1, -0.05) is 13.0 Å². The van der Waals surface area contributed by atoms with Gasteiger partial charge in [0.25, 0.3) is 0 Å². The predicted octanol–water partition coefficient (Wildman–Crippen LogP) is 2.58. The van der Waals surface area contributed by atoms with Crippen LogP contribution in [0.2, 0.25) is 0 Å². The zero-order chi connectivity index (χ0) is 14.7. The summed E-state index contributed by atoms with van der Waals surface area (Å²) in [7, 11) is 1.73. The highest BCUT2D eigenvalue weighted by atomic mass is 19.1. The minimum Gasteiger partial charge on any atom is -0.379 e. The molecule has 0 radical (unpaired) electrons. The highest BCUT2D eigenvalue weighted by Crippen LogP contribution is 2.27. The molecule has 1 saturated heterocycles. The van der Waals surface area contributed by atoms with Gasteiger partial charge in [-0.25, -0.2) is 4.39 Å². The number of anilines is 1. The van der Waals surface area contributed by atoms with E-state index in [9.17, 15) is 4.39 Å². The van der Waals surface area contributed by atoms with Gasteiger partial charge in [0.15, 0.2) is 0 Å². The molecule has 4 heteroatoms. The van der Waals surface area contributed by atoms with Crippen LogP contribution in [0.4, 0.5) is 10.1 Å². The summed E-state index contributed by atoms with van der Waals surface area (Å²) >= 11 is 0. The number of ether oxygens (including phenoxy) is 1. The molecule has 1 heterocycles. The predicted molar refractivity (Wildman–Crippen MR) is 80.5 cm³/mol. The molecule has 1 aromatic rings. The molecular formula is C16H25FN2O. The van der Waals surface area contributed by atoms with Gasteiger partial charge in [0.1, 0.15) is 5.82 Å². The standard InChI is InChI=1S/C16H25FN2O/c1-11-6-7-19(10-16(11)20-3)15-5-4-13(8-12(2)18)9-14(15)17/h4-5,9,11-12,16H,6-8,10,18H2,1-3H3. The van der Waals surface area contributed by atoms with Gasteiger partial charge in [-0.15, -0.1) is 0 Å². The van der Waals surface area contributed by atoms with Crippen LogP contribution in [0.15, 0.2) is 18.2 Å². The SMILES string of the molecule is COC1CN(c2ccc(CC(C)N)cc2F)CCC1C. The average Bonchev–Trinajstić information content (AvgIpc) is 2.39. The van der Waals surface area contributed by atoms with E-state index in [1.54, 1.807) is 13.2 Å². The topological polar surface area (TPSA) is 38.5 Å². The van der Waals surface area contributed by atoms with Crippen LogP contribution in [0.3, 0.4) is 0 Å².